The van der Waals surface area contributed by atoms with E-state index in [1.807, 2.05) is 13.8 Å². The van der Waals surface area contributed by atoms with Gasteiger partial charge in [0.2, 0.25) is 5.28 Å². The Kier molecular flexibility index (Phi) is 7.57. The van der Waals surface area contributed by atoms with Crippen molar-refractivity contribution in [3.05, 3.63) is 5.21 Å². The standard InChI is InChI=1S/C10H21N3O5/c1-6-12(7-2)13(15)11-18-9(5)17-10(14)16-8(3)4/h8-9H,6-7H2,1-5H3/b13-11-. The van der Waals surface area contributed by atoms with Crippen LogP contribution in [0.5, 0.6) is 0 Å². The molecule has 0 radical (unpaired) electrons. The van der Waals surface area contributed by atoms with Gasteiger partial charge >= 0.3 is 6.16 Å². The summed E-state index contributed by atoms with van der Waals surface area (Å²) in [6.07, 6.45) is -2.15. The molecule has 0 aliphatic carbocycles. The van der Waals surface area contributed by atoms with Crippen LogP contribution in [-0.4, -0.2) is 41.6 Å². The number of hydrogen-bond donors (Lipinski definition) is 0. The second-order valence-corrected chi connectivity index (χ2v) is 3.68. The zero-order chi connectivity index (χ0) is 14.1. The normalized spacial score (nSPS) is 13.1. The van der Waals surface area contributed by atoms with Gasteiger partial charge in [0, 0.05) is 6.92 Å². The Morgan fingerprint density at radius 1 is 1.28 bits per heavy atom. The fourth-order valence-electron chi connectivity index (χ4n) is 1.00. The van der Waals surface area contributed by atoms with Crippen LogP contribution in [0.3, 0.4) is 0 Å². The summed E-state index contributed by atoms with van der Waals surface area (Å²) in [5, 5.41) is 16.0. The Balaban J connectivity index is 4.12. The number of hydrazine groups is 1. The Morgan fingerprint density at radius 3 is 2.28 bits per heavy atom. The Bertz CT molecular complexity index is 279. The lowest BCUT2D eigenvalue weighted by molar-refractivity contribution is -0.712. The lowest BCUT2D eigenvalue weighted by Gasteiger charge is -2.15. The van der Waals surface area contributed by atoms with Gasteiger partial charge in [0.25, 0.3) is 6.29 Å². The van der Waals surface area contributed by atoms with Gasteiger partial charge in [-0.05, 0) is 27.7 Å². The van der Waals surface area contributed by atoms with Gasteiger partial charge in [-0.15, -0.1) is 5.01 Å². The first kappa shape index (κ1) is 16.3. The van der Waals surface area contributed by atoms with Crippen molar-refractivity contribution in [3.8, 4) is 0 Å². The van der Waals surface area contributed by atoms with E-state index in [1.54, 1.807) is 13.8 Å². The molecular formula is C10H21N3O5. The van der Waals surface area contributed by atoms with E-state index in [0.29, 0.717) is 18.1 Å². The molecule has 0 spiro atoms. The van der Waals surface area contributed by atoms with Crippen molar-refractivity contribution >= 4 is 6.16 Å². The van der Waals surface area contributed by atoms with Crippen LogP contribution in [0, 0.1) is 5.21 Å². The summed E-state index contributed by atoms with van der Waals surface area (Å²) in [5.41, 5.74) is 0. The predicted molar refractivity (Wildman–Crippen MR) is 62.2 cm³/mol. The van der Waals surface area contributed by atoms with Crippen molar-refractivity contribution in [1.82, 2.24) is 5.01 Å². The van der Waals surface area contributed by atoms with Crippen LogP contribution >= 0.6 is 0 Å². The van der Waals surface area contributed by atoms with E-state index >= 15 is 0 Å². The second-order valence-electron chi connectivity index (χ2n) is 3.68. The van der Waals surface area contributed by atoms with Gasteiger partial charge in [0.05, 0.1) is 24.2 Å². The molecule has 8 nitrogen and oxygen atoms in total. The lowest BCUT2D eigenvalue weighted by Crippen LogP contribution is -2.31. The summed E-state index contributed by atoms with van der Waals surface area (Å²) in [6, 6.07) is 0. The smallest absolute Gasteiger partial charge is 0.511 e. The highest BCUT2D eigenvalue weighted by molar-refractivity contribution is 5.60. The molecule has 0 heterocycles. The third-order valence-electron chi connectivity index (χ3n) is 1.83. The van der Waals surface area contributed by atoms with Gasteiger partial charge in [-0.2, -0.15) is 0 Å². The maximum Gasteiger partial charge on any atom is 0.511 e. The highest BCUT2D eigenvalue weighted by atomic mass is 16.8. The SMILES string of the molecule is CCN(CC)/[N+]([O-])=N/OC(C)OC(=O)OC(C)C. The molecule has 0 rings (SSSR count). The highest BCUT2D eigenvalue weighted by Crippen LogP contribution is 2.01. The zero-order valence-corrected chi connectivity index (χ0v) is 11.5. The molecule has 0 saturated heterocycles. The van der Waals surface area contributed by atoms with Gasteiger partial charge in [0.15, 0.2) is 0 Å². The van der Waals surface area contributed by atoms with E-state index in [9.17, 15) is 10.0 Å². The summed E-state index contributed by atoms with van der Waals surface area (Å²) < 4.78 is 9.43. The van der Waals surface area contributed by atoms with Gasteiger partial charge in [0.1, 0.15) is 0 Å². The van der Waals surface area contributed by atoms with Crippen LogP contribution in [0.2, 0.25) is 0 Å². The largest absolute Gasteiger partial charge is 0.569 e. The number of carbonyl (C=O) groups excluding carboxylic acids is 1. The molecule has 8 heteroatoms. The van der Waals surface area contributed by atoms with Crippen LogP contribution < -0.4 is 0 Å². The third-order valence-corrected chi connectivity index (χ3v) is 1.83. The summed E-state index contributed by atoms with van der Waals surface area (Å²) in [5.74, 6) is 0. The fourth-order valence-corrected chi connectivity index (χ4v) is 1.00. The molecule has 0 fully saturated rings. The first-order valence-electron chi connectivity index (χ1n) is 5.86. The number of rotatable bonds is 7. The van der Waals surface area contributed by atoms with E-state index in [-0.39, 0.29) is 6.10 Å². The molecule has 0 saturated carbocycles. The van der Waals surface area contributed by atoms with Gasteiger partial charge in [-0.3, -0.25) is 4.84 Å². The van der Waals surface area contributed by atoms with Crippen LogP contribution in [0.4, 0.5) is 4.79 Å². The zero-order valence-electron chi connectivity index (χ0n) is 11.5. The summed E-state index contributed by atoms with van der Waals surface area (Å²) in [7, 11) is 0. The van der Waals surface area contributed by atoms with E-state index in [2.05, 4.69) is 5.28 Å². The number of ether oxygens (including phenoxy) is 2. The highest BCUT2D eigenvalue weighted by Gasteiger charge is 2.15. The van der Waals surface area contributed by atoms with Crippen LogP contribution in [0.25, 0.3) is 0 Å². The van der Waals surface area contributed by atoms with E-state index < -0.39 is 12.4 Å². The first-order valence-corrected chi connectivity index (χ1v) is 5.86. The number of hydrogen-bond acceptors (Lipinski definition) is 6. The molecule has 1 atom stereocenters. The first-order chi connectivity index (χ1) is 8.40. The minimum Gasteiger partial charge on any atom is -0.569 e. The molecule has 1 unspecified atom stereocenters. The topological polar surface area (TPSA) is 86.4 Å². The maximum absolute atomic E-state index is 11.4. The molecule has 106 valence electrons. The Morgan fingerprint density at radius 2 is 1.83 bits per heavy atom. The minimum atomic E-state index is -0.997. The summed E-state index contributed by atoms with van der Waals surface area (Å²) in [6.45, 7) is 9.43. The van der Waals surface area contributed by atoms with Crippen molar-refractivity contribution in [1.29, 1.82) is 0 Å². The van der Waals surface area contributed by atoms with E-state index in [1.165, 1.54) is 11.9 Å². The Hall–Kier alpha value is -1.73. The van der Waals surface area contributed by atoms with Crippen molar-refractivity contribution in [2.24, 2.45) is 5.28 Å². The molecule has 0 bridgehead atoms. The van der Waals surface area contributed by atoms with Crippen molar-refractivity contribution in [2.75, 3.05) is 13.1 Å². The average molecular weight is 263 g/mol. The summed E-state index contributed by atoms with van der Waals surface area (Å²) in [4.78, 5) is 16.1. The molecular weight excluding hydrogens is 242 g/mol. The van der Waals surface area contributed by atoms with Gasteiger partial charge in [-0.25, -0.2) is 4.79 Å². The molecule has 0 aliphatic heterocycles. The van der Waals surface area contributed by atoms with Crippen LogP contribution in [-0.2, 0) is 14.3 Å². The Labute approximate surface area is 107 Å². The molecule has 0 aromatic carbocycles. The van der Waals surface area contributed by atoms with Crippen molar-refractivity contribution in [3.63, 3.8) is 0 Å². The summed E-state index contributed by atoms with van der Waals surface area (Å²) >= 11 is 0. The van der Waals surface area contributed by atoms with E-state index in [4.69, 9.17) is 14.3 Å². The lowest BCUT2D eigenvalue weighted by atomic mass is 10.5. The minimum absolute atomic E-state index is 0.284. The van der Waals surface area contributed by atoms with Gasteiger partial charge < -0.3 is 14.7 Å². The van der Waals surface area contributed by atoms with Crippen molar-refractivity contribution in [2.45, 2.75) is 47.0 Å². The predicted octanol–water partition coefficient (Wildman–Crippen LogP) is 2.04. The van der Waals surface area contributed by atoms with E-state index in [0.717, 1.165) is 0 Å². The van der Waals surface area contributed by atoms with Gasteiger partial charge in [-0.1, -0.05) is 0 Å². The van der Waals surface area contributed by atoms with Crippen LogP contribution in [0.15, 0.2) is 5.28 Å². The average Bonchev–Trinajstić information content (AvgIpc) is 2.26. The van der Waals surface area contributed by atoms with Crippen LogP contribution in [0.1, 0.15) is 34.6 Å². The maximum atomic E-state index is 11.4. The molecule has 18 heavy (non-hydrogen) atoms. The molecule has 0 aromatic heterocycles. The molecule has 0 N–H and O–H groups in total. The second kappa shape index (κ2) is 8.37. The quantitative estimate of drug-likeness (QED) is 0.230. The number of carbonyl (C=O) groups is 1. The molecule has 0 amide bonds. The molecule has 0 aliphatic rings. The molecule has 0 aromatic rings. The van der Waals surface area contributed by atoms with Crippen molar-refractivity contribution < 1.29 is 24.1 Å². The fraction of sp³-hybridized carbons (Fsp3) is 0.900. The number of nitrogens with zero attached hydrogens (tertiary/aromatic N) is 3. The third kappa shape index (κ3) is 6.77. The monoisotopic (exact) mass is 263 g/mol.